The van der Waals surface area contributed by atoms with Crippen molar-refractivity contribution in [1.82, 2.24) is 20.0 Å². The van der Waals surface area contributed by atoms with Crippen LogP contribution in [0.25, 0.3) is 0 Å². The zero-order chi connectivity index (χ0) is 17.1. The molecule has 1 atom stereocenters. The molecule has 1 amide bonds. The molecule has 0 saturated carbocycles. The summed E-state index contributed by atoms with van der Waals surface area (Å²) in [6.07, 6.45) is 1.08. The van der Waals surface area contributed by atoms with Crippen molar-refractivity contribution >= 4 is 18.3 Å². The number of carbonyl (C=O) groups is 1. The molecule has 1 saturated heterocycles. The molecule has 2 heterocycles. The van der Waals surface area contributed by atoms with E-state index in [1.807, 2.05) is 41.8 Å². The molecule has 1 aliphatic heterocycles. The molecule has 136 valence electrons. The second-order valence-electron chi connectivity index (χ2n) is 6.75. The summed E-state index contributed by atoms with van der Waals surface area (Å²) in [5.74, 6) is 0.709. The zero-order valence-corrected chi connectivity index (χ0v) is 16.0. The summed E-state index contributed by atoms with van der Waals surface area (Å²) < 4.78 is 1.98. The summed E-state index contributed by atoms with van der Waals surface area (Å²) in [7, 11) is 1.97. The first-order chi connectivity index (χ1) is 11.6. The monoisotopic (exact) mass is 362 g/mol. The van der Waals surface area contributed by atoms with Crippen LogP contribution in [0.5, 0.6) is 0 Å². The molecule has 5 nitrogen and oxygen atoms in total. The van der Waals surface area contributed by atoms with E-state index < -0.39 is 0 Å². The molecule has 3 rings (SSSR count). The van der Waals surface area contributed by atoms with Gasteiger partial charge < -0.3 is 10.2 Å². The Balaban J connectivity index is 0.00000225. The number of hydrogen-bond acceptors (Lipinski definition) is 3. The van der Waals surface area contributed by atoms with Gasteiger partial charge >= 0.3 is 0 Å². The van der Waals surface area contributed by atoms with E-state index >= 15 is 0 Å². The Morgan fingerprint density at radius 1 is 1.32 bits per heavy atom. The Morgan fingerprint density at radius 2 is 2.12 bits per heavy atom. The molecule has 2 aromatic rings. The summed E-state index contributed by atoms with van der Waals surface area (Å²) in [6.45, 7) is 7.43. The minimum Gasteiger partial charge on any atom is -0.338 e. The summed E-state index contributed by atoms with van der Waals surface area (Å²) in [6, 6.07) is 10.0. The number of halogens is 1. The van der Waals surface area contributed by atoms with E-state index in [9.17, 15) is 4.79 Å². The summed E-state index contributed by atoms with van der Waals surface area (Å²) >= 11 is 0. The first-order valence-corrected chi connectivity index (χ1v) is 8.60. The van der Waals surface area contributed by atoms with Crippen LogP contribution in [0.3, 0.4) is 0 Å². The highest BCUT2D eigenvalue weighted by atomic mass is 35.5. The van der Waals surface area contributed by atoms with Crippen LogP contribution in [0.15, 0.2) is 30.3 Å². The maximum Gasteiger partial charge on any atom is 0.253 e. The number of likely N-dealkylation sites (tertiary alicyclic amines) is 1. The molecular formula is C19H27ClN4O. The molecule has 0 aliphatic carbocycles. The molecule has 0 radical (unpaired) electrons. The normalized spacial score (nSPS) is 16.8. The minimum atomic E-state index is 0. The molecule has 0 bridgehead atoms. The smallest absolute Gasteiger partial charge is 0.253 e. The third kappa shape index (κ3) is 4.61. The summed E-state index contributed by atoms with van der Waals surface area (Å²) in [5, 5.41) is 7.71. The van der Waals surface area contributed by atoms with Crippen LogP contribution in [0.4, 0.5) is 0 Å². The molecular weight excluding hydrogens is 336 g/mol. The van der Waals surface area contributed by atoms with Gasteiger partial charge in [-0.25, -0.2) is 0 Å². The maximum atomic E-state index is 12.8. The second kappa shape index (κ2) is 8.50. The van der Waals surface area contributed by atoms with E-state index in [2.05, 4.69) is 29.5 Å². The van der Waals surface area contributed by atoms with Crippen LogP contribution in [0.2, 0.25) is 0 Å². The Bertz CT molecular complexity index is 728. The van der Waals surface area contributed by atoms with Crippen LogP contribution in [-0.4, -0.2) is 47.3 Å². The number of benzene rings is 1. The number of nitrogens with zero attached hydrogens (tertiary/aromatic N) is 3. The number of hydrogen-bond donors (Lipinski definition) is 1. The van der Waals surface area contributed by atoms with E-state index in [-0.39, 0.29) is 18.3 Å². The van der Waals surface area contributed by atoms with Gasteiger partial charge in [0.15, 0.2) is 0 Å². The molecule has 0 spiro atoms. The first-order valence-electron chi connectivity index (χ1n) is 8.60. The SMILES string of the molecule is CNCC1CCN(C(=O)c2cccc(Cn3nc(C)cc3C)c2)C1.Cl. The fourth-order valence-corrected chi connectivity index (χ4v) is 3.47. The number of carbonyl (C=O) groups excluding carboxylic acids is 1. The van der Waals surface area contributed by atoms with Gasteiger partial charge in [-0.15, -0.1) is 12.4 Å². The third-order valence-corrected chi connectivity index (χ3v) is 4.68. The van der Waals surface area contributed by atoms with E-state index in [1.54, 1.807) is 0 Å². The molecule has 25 heavy (non-hydrogen) atoms. The Morgan fingerprint density at radius 3 is 2.80 bits per heavy atom. The predicted molar refractivity (Wildman–Crippen MR) is 102 cm³/mol. The molecule has 1 aliphatic rings. The number of aryl methyl sites for hydroxylation is 2. The Hall–Kier alpha value is -1.85. The predicted octanol–water partition coefficient (Wildman–Crippen LogP) is 2.65. The number of rotatable bonds is 5. The maximum absolute atomic E-state index is 12.8. The Kier molecular flexibility index (Phi) is 6.62. The first kappa shape index (κ1) is 19.5. The van der Waals surface area contributed by atoms with Crippen LogP contribution in [0.1, 0.15) is 33.7 Å². The molecule has 1 aromatic carbocycles. The Labute approximate surface area is 155 Å². The number of aromatic nitrogens is 2. The lowest BCUT2D eigenvalue weighted by Crippen LogP contribution is -2.30. The molecule has 1 unspecified atom stereocenters. The van der Waals surface area contributed by atoms with Crippen molar-refractivity contribution in [2.75, 3.05) is 26.7 Å². The fraction of sp³-hybridized carbons (Fsp3) is 0.474. The average Bonchev–Trinajstić information content (AvgIpc) is 3.14. The number of amides is 1. The molecule has 1 fully saturated rings. The van der Waals surface area contributed by atoms with Gasteiger partial charge in [-0.1, -0.05) is 12.1 Å². The lowest BCUT2D eigenvalue weighted by atomic mass is 10.1. The topological polar surface area (TPSA) is 50.2 Å². The fourth-order valence-electron chi connectivity index (χ4n) is 3.47. The van der Waals surface area contributed by atoms with E-state index in [1.165, 1.54) is 0 Å². The minimum absolute atomic E-state index is 0. The van der Waals surface area contributed by atoms with Crippen molar-refractivity contribution in [3.8, 4) is 0 Å². The zero-order valence-electron chi connectivity index (χ0n) is 15.2. The van der Waals surface area contributed by atoms with Crippen LogP contribution < -0.4 is 5.32 Å². The van der Waals surface area contributed by atoms with Crippen molar-refractivity contribution in [2.45, 2.75) is 26.8 Å². The standard InChI is InChI=1S/C19H26N4O.ClH/c1-14-9-15(2)23(21-14)13-16-5-4-6-18(10-16)19(24)22-8-7-17(12-22)11-20-3;/h4-6,9-10,17,20H,7-8,11-13H2,1-3H3;1H. The molecule has 1 N–H and O–H groups in total. The quantitative estimate of drug-likeness (QED) is 0.889. The van der Waals surface area contributed by atoms with Crippen molar-refractivity contribution in [2.24, 2.45) is 5.92 Å². The highest BCUT2D eigenvalue weighted by Crippen LogP contribution is 2.19. The van der Waals surface area contributed by atoms with E-state index in [4.69, 9.17) is 0 Å². The van der Waals surface area contributed by atoms with Crippen LogP contribution in [-0.2, 0) is 6.54 Å². The largest absolute Gasteiger partial charge is 0.338 e. The van der Waals surface area contributed by atoms with Gasteiger partial charge in [0.05, 0.1) is 12.2 Å². The molecule has 6 heteroatoms. The van der Waals surface area contributed by atoms with Gasteiger partial charge in [0, 0.05) is 24.3 Å². The summed E-state index contributed by atoms with van der Waals surface area (Å²) in [5.41, 5.74) is 4.04. The highest BCUT2D eigenvalue weighted by molar-refractivity contribution is 5.94. The van der Waals surface area contributed by atoms with Gasteiger partial charge in [0.25, 0.3) is 5.91 Å². The van der Waals surface area contributed by atoms with E-state index in [0.29, 0.717) is 12.5 Å². The van der Waals surface area contributed by atoms with Crippen molar-refractivity contribution < 1.29 is 4.79 Å². The summed E-state index contributed by atoms with van der Waals surface area (Å²) in [4.78, 5) is 14.7. The van der Waals surface area contributed by atoms with Crippen LogP contribution >= 0.6 is 12.4 Å². The van der Waals surface area contributed by atoms with Gasteiger partial charge in [-0.2, -0.15) is 5.10 Å². The van der Waals surface area contributed by atoms with Gasteiger partial charge in [-0.05, 0) is 63.5 Å². The van der Waals surface area contributed by atoms with Gasteiger partial charge in [-0.3, -0.25) is 9.48 Å². The van der Waals surface area contributed by atoms with Crippen molar-refractivity contribution in [1.29, 1.82) is 0 Å². The molecule has 1 aromatic heterocycles. The lowest BCUT2D eigenvalue weighted by Gasteiger charge is -2.17. The van der Waals surface area contributed by atoms with Crippen LogP contribution in [0, 0.1) is 19.8 Å². The highest BCUT2D eigenvalue weighted by Gasteiger charge is 2.26. The van der Waals surface area contributed by atoms with Crippen molar-refractivity contribution in [3.63, 3.8) is 0 Å². The van der Waals surface area contributed by atoms with Crippen molar-refractivity contribution in [3.05, 3.63) is 52.8 Å². The third-order valence-electron chi connectivity index (χ3n) is 4.68. The lowest BCUT2D eigenvalue weighted by molar-refractivity contribution is 0.0787. The van der Waals surface area contributed by atoms with Gasteiger partial charge in [0.1, 0.15) is 0 Å². The average molecular weight is 363 g/mol. The number of nitrogens with one attached hydrogen (secondary N) is 1. The van der Waals surface area contributed by atoms with Gasteiger partial charge in [0.2, 0.25) is 0 Å². The van der Waals surface area contributed by atoms with E-state index in [0.717, 1.165) is 48.6 Å². The second-order valence-corrected chi connectivity index (χ2v) is 6.75.